The second-order valence-electron chi connectivity index (χ2n) is 7.06. The Morgan fingerprint density at radius 3 is 2.71 bits per heavy atom. The fourth-order valence-corrected chi connectivity index (χ4v) is 3.57. The van der Waals surface area contributed by atoms with Gasteiger partial charge in [0.15, 0.2) is 5.65 Å². The second-order valence-corrected chi connectivity index (χ2v) is 7.06. The van der Waals surface area contributed by atoms with Crippen molar-refractivity contribution >= 4 is 16.9 Å². The van der Waals surface area contributed by atoms with Crippen molar-refractivity contribution in [2.45, 2.75) is 6.54 Å². The van der Waals surface area contributed by atoms with Crippen LogP contribution in [0.25, 0.3) is 27.8 Å². The van der Waals surface area contributed by atoms with E-state index in [-0.39, 0.29) is 5.75 Å². The van der Waals surface area contributed by atoms with Crippen LogP contribution in [-0.2, 0) is 6.54 Å². The normalized spacial score (nSPS) is 11.1. The third-order valence-electron chi connectivity index (χ3n) is 5.06. The molecule has 31 heavy (non-hydrogen) atoms. The molecule has 0 saturated carbocycles. The summed E-state index contributed by atoms with van der Waals surface area (Å²) in [6.45, 7) is 1.28. The Morgan fingerprint density at radius 2 is 1.94 bits per heavy atom. The Hall–Kier alpha value is -4.33. The number of phenols is 1. The van der Waals surface area contributed by atoms with E-state index in [1.165, 1.54) is 6.33 Å². The highest BCUT2D eigenvalue weighted by molar-refractivity contribution is 6.01. The first-order valence-electron chi connectivity index (χ1n) is 9.79. The predicted molar refractivity (Wildman–Crippen MR) is 118 cm³/mol. The zero-order valence-corrected chi connectivity index (χ0v) is 16.6. The van der Waals surface area contributed by atoms with Crippen LogP contribution in [0.4, 0.5) is 5.82 Å². The van der Waals surface area contributed by atoms with E-state index in [4.69, 9.17) is 10.5 Å². The van der Waals surface area contributed by atoms with Crippen LogP contribution < -0.4 is 10.5 Å². The van der Waals surface area contributed by atoms with Gasteiger partial charge in [-0.25, -0.2) is 15.0 Å². The number of phenolic OH excluding ortho intramolecular Hbond substituents is 1. The molecule has 2 aromatic carbocycles. The number of hydrogen-bond acceptors (Lipinski definition) is 6. The minimum atomic E-state index is 0.186. The number of nitrogens with zero attached hydrogens (tertiary/aromatic N) is 5. The van der Waals surface area contributed by atoms with E-state index < -0.39 is 0 Å². The lowest BCUT2D eigenvalue weighted by Gasteiger charge is -2.09. The van der Waals surface area contributed by atoms with Crippen molar-refractivity contribution < 1.29 is 9.84 Å². The molecule has 5 aromatic rings. The van der Waals surface area contributed by atoms with Crippen LogP contribution in [0.1, 0.15) is 0 Å². The van der Waals surface area contributed by atoms with Crippen molar-refractivity contribution in [2.75, 3.05) is 12.3 Å². The van der Waals surface area contributed by atoms with Gasteiger partial charge in [0, 0.05) is 29.8 Å². The Morgan fingerprint density at radius 1 is 1.06 bits per heavy atom. The first kappa shape index (κ1) is 18.7. The van der Waals surface area contributed by atoms with Crippen molar-refractivity contribution in [3.8, 4) is 28.3 Å². The highest BCUT2D eigenvalue weighted by atomic mass is 16.5. The number of imidazole rings is 1. The number of nitrogens with two attached hydrogens (primary N) is 1. The van der Waals surface area contributed by atoms with Crippen LogP contribution in [0.2, 0.25) is 0 Å². The third-order valence-corrected chi connectivity index (χ3v) is 5.06. The van der Waals surface area contributed by atoms with Gasteiger partial charge in [0.05, 0.1) is 18.3 Å². The number of benzene rings is 2. The van der Waals surface area contributed by atoms with E-state index in [2.05, 4.69) is 15.0 Å². The zero-order chi connectivity index (χ0) is 21.2. The molecular formula is C23H20N6O2. The number of fused-ring (bicyclic) bond motifs is 1. The molecule has 0 aliphatic carbocycles. The van der Waals surface area contributed by atoms with Gasteiger partial charge in [0.25, 0.3) is 0 Å². The number of aromatic hydroxyl groups is 1. The summed E-state index contributed by atoms with van der Waals surface area (Å²) in [5.74, 6) is 1.36. The van der Waals surface area contributed by atoms with Crippen LogP contribution in [0.5, 0.6) is 11.5 Å². The van der Waals surface area contributed by atoms with Crippen LogP contribution in [0.15, 0.2) is 79.8 Å². The Kier molecular flexibility index (Phi) is 4.72. The van der Waals surface area contributed by atoms with Crippen LogP contribution >= 0.6 is 0 Å². The molecule has 3 N–H and O–H groups in total. The maximum absolute atomic E-state index is 9.91. The molecule has 8 heteroatoms. The molecule has 3 aromatic heterocycles. The van der Waals surface area contributed by atoms with Gasteiger partial charge in [-0.3, -0.25) is 0 Å². The Labute approximate surface area is 178 Å². The molecule has 5 rings (SSSR count). The topological polar surface area (TPSA) is 104 Å². The van der Waals surface area contributed by atoms with Crippen molar-refractivity contribution in [1.82, 2.24) is 24.1 Å². The lowest BCUT2D eigenvalue weighted by Crippen LogP contribution is -2.06. The van der Waals surface area contributed by atoms with Gasteiger partial charge in [0.1, 0.15) is 30.3 Å². The summed E-state index contributed by atoms with van der Waals surface area (Å²) in [6.07, 6.45) is 8.83. The molecule has 0 aliphatic heterocycles. The van der Waals surface area contributed by atoms with E-state index in [9.17, 15) is 5.11 Å². The molecule has 3 heterocycles. The summed E-state index contributed by atoms with van der Waals surface area (Å²) < 4.78 is 9.76. The van der Waals surface area contributed by atoms with Crippen LogP contribution in [0, 0.1) is 0 Å². The van der Waals surface area contributed by atoms with Gasteiger partial charge < -0.3 is 24.7 Å². The van der Waals surface area contributed by atoms with E-state index in [0.717, 1.165) is 34.5 Å². The maximum Gasteiger partial charge on any atom is 0.150 e. The Balaban J connectivity index is 1.46. The molecule has 0 atom stereocenters. The SMILES string of the molecule is Nc1ncnc2c1c(-c1cccc(O)c1)cn2-c1ccc(OCCn2ccnc2)cc1. The van der Waals surface area contributed by atoms with Crippen molar-refractivity contribution in [3.63, 3.8) is 0 Å². The molecular weight excluding hydrogens is 392 g/mol. The molecule has 0 bridgehead atoms. The second kappa shape index (κ2) is 7.83. The van der Waals surface area contributed by atoms with E-state index in [0.29, 0.717) is 18.1 Å². The first-order chi connectivity index (χ1) is 15.2. The predicted octanol–water partition coefficient (Wildman–Crippen LogP) is 3.65. The van der Waals surface area contributed by atoms with Crippen molar-refractivity contribution in [2.24, 2.45) is 0 Å². The lowest BCUT2D eigenvalue weighted by molar-refractivity contribution is 0.298. The van der Waals surface area contributed by atoms with Crippen LogP contribution in [0.3, 0.4) is 0 Å². The molecule has 0 aliphatic rings. The standard InChI is InChI=1S/C23H20N6O2/c24-22-21-20(16-2-1-3-18(30)12-16)13-29(23(21)27-14-26-22)17-4-6-19(7-5-17)31-11-10-28-9-8-25-15-28/h1-9,12-15,30H,10-11H2,(H2,24,26,27). The quantitative estimate of drug-likeness (QED) is 0.441. The van der Waals surface area contributed by atoms with Gasteiger partial charge in [-0.05, 0) is 42.0 Å². The minimum Gasteiger partial charge on any atom is -0.508 e. The number of aromatic nitrogens is 5. The van der Waals surface area contributed by atoms with Gasteiger partial charge >= 0.3 is 0 Å². The molecule has 0 amide bonds. The average Bonchev–Trinajstić information content (AvgIpc) is 3.43. The lowest BCUT2D eigenvalue weighted by atomic mass is 10.1. The van der Waals surface area contributed by atoms with E-state index in [1.807, 2.05) is 51.9 Å². The van der Waals surface area contributed by atoms with Crippen molar-refractivity contribution in [1.29, 1.82) is 0 Å². The number of nitrogen functional groups attached to an aromatic ring is 1. The molecule has 154 valence electrons. The molecule has 0 saturated heterocycles. The van der Waals surface area contributed by atoms with Gasteiger partial charge in [-0.15, -0.1) is 0 Å². The molecule has 0 unspecified atom stereocenters. The largest absolute Gasteiger partial charge is 0.508 e. The average molecular weight is 412 g/mol. The molecule has 0 radical (unpaired) electrons. The summed E-state index contributed by atoms with van der Waals surface area (Å²) in [7, 11) is 0. The van der Waals surface area contributed by atoms with E-state index >= 15 is 0 Å². The first-order valence-corrected chi connectivity index (χ1v) is 9.79. The molecule has 0 fully saturated rings. The summed E-state index contributed by atoms with van der Waals surface area (Å²) >= 11 is 0. The summed E-state index contributed by atoms with van der Waals surface area (Å²) in [5, 5.41) is 10.7. The monoisotopic (exact) mass is 412 g/mol. The van der Waals surface area contributed by atoms with Crippen LogP contribution in [-0.4, -0.2) is 35.8 Å². The highest BCUT2D eigenvalue weighted by Crippen LogP contribution is 2.35. The van der Waals surface area contributed by atoms with Gasteiger partial charge in [0.2, 0.25) is 0 Å². The van der Waals surface area contributed by atoms with Gasteiger partial charge in [-0.1, -0.05) is 12.1 Å². The number of rotatable bonds is 6. The number of ether oxygens (including phenoxy) is 1. The number of anilines is 1. The molecule has 8 nitrogen and oxygen atoms in total. The fraction of sp³-hybridized carbons (Fsp3) is 0.0870. The number of hydrogen-bond donors (Lipinski definition) is 2. The Bertz CT molecular complexity index is 1330. The van der Waals surface area contributed by atoms with E-state index in [1.54, 1.807) is 30.7 Å². The van der Waals surface area contributed by atoms with Crippen molar-refractivity contribution in [3.05, 3.63) is 79.8 Å². The summed E-state index contributed by atoms with van der Waals surface area (Å²) in [4.78, 5) is 12.6. The zero-order valence-electron chi connectivity index (χ0n) is 16.6. The minimum absolute atomic E-state index is 0.186. The summed E-state index contributed by atoms with van der Waals surface area (Å²) in [5.41, 5.74) is 9.49. The smallest absolute Gasteiger partial charge is 0.150 e. The van der Waals surface area contributed by atoms with Gasteiger partial charge in [-0.2, -0.15) is 0 Å². The molecule has 0 spiro atoms. The summed E-state index contributed by atoms with van der Waals surface area (Å²) in [6, 6.07) is 14.8. The maximum atomic E-state index is 9.91. The fourth-order valence-electron chi connectivity index (χ4n) is 3.57. The third kappa shape index (κ3) is 3.66. The highest BCUT2D eigenvalue weighted by Gasteiger charge is 2.16.